The van der Waals surface area contributed by atoms with Crippen LogP contribution in [0.15, 0.2) is 53.7 Å². The number of guanidine groups is 1. The highest BCUT2D eigenvalue weighted by atomic mass is 19.1. The van der Waals surface area contributed by atoms with E-state index in [0.717, 1.165) is 52.9 Å². The molecule has 3 N–H and O–H groups in total. The van der Waals surface area contributed by atoms with Crippen molar-refractivity contribution in [2.45, 2.75) is 32.4 Å². The van der Waals surface area contributed by atoms with Gasteiger partial charge in [-0.1, -0.05) is 24.3 Å². The molecule has 1 fully saturated rings. The van der Waals surface area contributed by atoms with Gasteiger partial charge in [-0.2, -0.15) is 0 Å². The highest BCUT2D eigenvalue weighted by Crippen LogP contribution is 2.19. The van der Waals surface area contributed by atoms with E-state index >= 15 is 0 Å². The van der Waals surface area contributed by atoms with Crippen molar-refractivity contribution in [3.8, 4) is 0 Å². The van der Waals surface area contributed by atoms with E-state index in [1.807, 2.05) is 23.2 Å². The molecule has 7 heteroatoms. The first-order chi connectivity index (χ1) is 15.1. The third-order valence-electron chi connectivity index (χ3n) is 5.64. The predicted octanol–water partition coefficient (Wildman–Crippen LogP) is 3.34. The summed E-state index contributed by atoms with van der Waals surface area (Å²) in [7, 11) is 1.75. The summed E-state index contributed by atoms with van der Waals surface area (Å²) in [4.78, 5) is 21.2. The van der Waals surface area contributed by atoms with E-state index < -0.39 is 0 Å². The van der Waals surface area contributed by atoms with E-state index in [2.05, 4.69) is 38.8 Å². The maximum Gasteiger partial charge on any atom is 0.222 e. The van der Waals surface area contributed by atoms with Crippen LogP contribution in [0.5, 0.6) is 0 Å². The molecule has 0 radical (unpaired) electrons. The largest absolute Gasteiger partial charge is 0.361 e. The lowest BCUT2D eigenvalue weighted by molar-refractivity contribution is -0.128. The summed E-state index contributed by atoms with van der Waals surface area (Å²) < 4.78 is 13.3. The van der Waals surface area contributed by atoms with Crippen molar-refractivity contribution >= 4 is 22.8 Å². The standard InChI is InChI=1S/C24H28FN5O/c1-26-24(27-10-9-19-15-28-22-13-20(25)7-8-21(19)22)29-14-17-4-2-5-18(12-17)16-30-11-3-6-23(30)31/h2,4-5,7-8,12-13,15,28H,3,6,9-11,14,16H2,1H3,(H2,26,27,29). The van der Waals surface area contributed by atoms with E-state index in [1.165, 1.54) is 12.1 Å². The molecule has 2 aromatic carbocycles. The number of amides is 1. The Kier molecular flexibility index (Phi) is 6.50. The van der Waals surface area contributed by atoms with Crippen LogP contribution in [0.1, 0.15) is 29.5 Å². The molecule has 0 atom stereocenters. The van der Waals surface area contributed by atoms with Gasteiger partial charge in [0.15, 0.2) is 5.96 Å². The van der Waals surface area contributed by atoms with Gasteiger partial charge in [-0.15, -0.1) is 0 Å². The number of carbonyl (C=O) groups is 1. The van der Waals surface area contributed by atoms with Gasteiger partial charge in [-0.05, 0) is 47.7 Å². The van der Waals surface area contributed by atoms with Crippen LogP contribution in [0.25, 0.3) is 10.9 Å². The Labute approximate surface area is 181 Å². The number of aromatic amines is 1. The van der Waals surface area contributed by atoms with Crippen LogP contribution in [0.3, 0.4) is 0 Å². The fraction of sp³-hybridized carbons (Fsp3) is 0.333. The molecule has 31 heavy (non-hydrogen) atoms. The summed E-state index contributed by atoms with van der Waals surface area (Å²) >= 11 is 0. The zero-order valence-electron chi connectivity index (χ0n) is 17.7. The minimum Gasteiger partial charge on any atom is -0.361 e. The van der Waals surface area contributed by atoms with Gasteiger partial charge in [-0.3, -0.25) is 9.79 Å². The molecule has 0 spiro atoms. The number of likely N-dealkylation sites (tertiary alicyclic amines) is 1. The van der Waals surface area contributed by atoms with Crippen molar-refractivity contribution in [1.82, 2.24) is 20.5 Å². The van der Waals surface area contributed by atoms with Crippen LogP contribution in [0.2, 0.25) is 0 Å². The number of hydrogen-bond donors (Lipinski definition) is 3. The minimum absolute atomic E-state index is 0.236. The first kappa shape index (κ1) is 20.9. The Morgan fingerprint density at radius 3 is 2.87 bits per heavy atom. The number of aromatic nitrogens is 1. The van der Waals surface area contributed by atoms with Crippen LogP contribution in [-0.4, -0.2) is 41.9 Å². The second-order valence-electron chi connectivity index (χ2n) is 7.85. The molecule has 1 amide bonds. The molecule has 162 valence electrons. The van der Waals surface area contributed by atoms with E-state index in [-0.39, 0.29) is 11.7 Å². The second-order valence-corrected chi connectivity index (χ2v) is 7.85. The Bertz CT molecular complexity index is 1090. The van der Waals surface area contributed by atoms with Gasteiger partial charge in [0.25, 0.3) is 0 Å². The van der Waals surface area contributed by atoms with E-state index in [1.54, 1.807) is 7.05 Å². The molecule has 1 aliphatic rings. The van der Waals surface area contributed by atoms with Gasteiger partial charge >= 0.3 is 0 Å². The van der Waals surface area contributed by atoms with Crippen molar-refractivity contribution in [3.05, 3.63) is 71.2 Å². The van der Waals surface area contributed by atoms with Crippen molar-refractivity contribution in [3.63, 3.8) is 0 Å². The molecular formula is C24H28FN5O. The van der Waals surface area contributed by atoms with Crippen LogP contribution < -0.4 is 10.6 Å². The number of H-pyrrole nitrogens is 1. The number of halogens is 1. The normalized spacial score (nSPS) is 14.5. The maximum atomic E-state index is 13.3. The number of benzene rings is 2. The summed E-state index contributed by atoms with van der Waals surface area (Å²) in [6.07, 6.45) is 4.35. The maximum absolute atomic E-state index is 13.3. The summed E-state index contributed by atoms with van der Waals surface area (Å²) in [5.41, 5.74) is 4.24. The topological polar surface area (TPSA) is 72.5 Å². The number of nitrogens with one attached hydrogen (secondary N) is 3. The Morgan fingerprint density at radius 2 is 2.06 bits per heavy atom. The highest BCUT2D eigenvalue weighted by molar-refractivity contribution is 5.83. The predicted molar refractivity (Wildman–Crippen MR) is 121 cm³/mol. The van der Waals surface area contributed by atoms with Crippen LogP contribution in [0.4, 0.5) is 4.39 Å². The number of hydrogen-bond acceptors (Lipinski definition) is 2. The molecule has 1 saturated heterocycles. The molecule has 1 aliphatic heterocycles. The number of aliphatic imine (C=N–C) groups is 1. The van der Waals surface area contributed by atoms with Crippen molar-refractivity contribution in [1.29, 1.82) is 0 Å². The summed E-state index contributed by atoms with van der Waals surface area (Å²) in [6, 6.07) is 13.1. The molecule has 0 bridgehead atoms. The zero-order chi connectivity index (χ0) is 21.6. The summed E-state index contributed by atoms with van der Waals surface area (Å²) in [5.74, 6) is 0.735. The van der Waals surface area contributed by atoms with Crippen LogP contribution in [-0.2, 0) is 24.3 Å². The molecule has 1 aromatic heterocycles. The lowest BCUT2D eigenvalue weighted by atomic mass is 10.1. The molecule has 0 saturated carbocycles. The number of rotatable bonds is 7. The Morgan fingerprint density at radius 1 is 1.19 bits per heavy atom. The monoisotopic (exact) mass is 421 g/mol. The van der Waals surface area contributed by atoms with Crippen molar-refractivity contribution in [2.75, 3.05) is 20.1 Å². The van der Waals surface area contributed by atoms with Crippen molar-refractivity contribution < 1.29 is 9.18 Å². The highest BCUT2D eigenvalue weighted by Gasteiger charge is 2.19. The number of fused-ring (bicyclic) bond motifs is 1. The smallest absolute Gasteiger partial charge is 0.222 e. The fourth-order valence-electron chi connectivity index (χ4n) is 4.02. The van der Waals surface area contributed by atoms with Gasteiger partial charge in [0.05, 0.1) is 0 Å². The third-order valence-corrected chi connectivity index (χ3v) is 5.64. The average molecular weight is 422 g/mol. The fourth-order valence-corrected chi connectivity index (χ4v) is 4.02. The van der Waals surface area contributed by atoms with Crippen LogP contribution >= 0.6 is 0 Å². The number of nitrogens with zero attached hydrogens (tertiary/aromatic N) is 2. The van der Waals surface area contributed by atoms with E-state index in [9.17, 15) is 9.18 Å². The SMILES string of the molecule is CN=C(NCCc1c[nH]c2cc(F)ccc12)NCc1cccc(CN2CCCC2=O)c1. The molecule has 0 aliphatic carbocycles. The van der Waals surface area contributed by atoms with Gasteiger partial charge in [-0.25, -0.2) is 4.39 Å². The van der Waals surface area contributed by atoms with Crippen LogP contribution in [0, 0.1) is 5.82 Å². The quantitative estimate of drug-likeness (QED) is 0.405. The van der Waals surface area contributed by atoms with Gasteiger partial charge in [0.2, 0.25) is 5.91 Å². The molecule has 6 nitrogen and oxygen atoms in total. The van der Waals surface area contributed by atoms with Crippen molar-refractivity contribution in [2.24, 2.45) is 4.99 Å². The Hall–Kier alpha value is -3.35. The molecule has 4 rings (SSSR count). The van der Waals surface area contributed by atoms with Gasteiger partial charge in [0, 0.05) is 56.7 Å². The van der Waals surface area contributed by atoms with E-state index in [4.69, 9.17) is 0 Å². The molecule has 3 aromatic rings. The second kappa shape index (κ2) is 9.64. The molecule has 0 unspecified atom stereocenters. The minimum atomic E-state index is -0.236. The zero-order valence-corrected chi connectivity index (χ0v) is 17.7. The first-order valence-electron chi connectivity index (χ1n) is 10.7. The summed E-state index contributed by atoms with van der Waals surface area (Å²) in [5, 5.41) is 7.71. The summed E-state index contributed by atoms with van der Waals surface area (Å²) in [6.45, 7) is 2.88. The van der Waals surface area contributed by atoms with Gasteiger partial charge < -0.3 is 20.5 Å². The molecular weight excluding hydrogens is 393 g/mol. The van der Waals surface area contributed by atoms with E-state index in [0.29, 0.717) is 26.1 Å². The third kappa shape index (κ3) is 5.23. The average Bonchev–Trinajstić information content (AvgIpc) is 3.36. The lowest BCUT2D eigenvalue weighted by Gasteiger charge is -2.16. The molecule has 2 heterocycles. The lowest BCUT2D eigenvalue weighted by Crippen LogP contribution is -2.37. The Balaban J connectivity index is 1.27. The first-order valence-corrected chi connectivity index (χ1v) is 10.7. The number of carbonyl (C=O) groups excluding carboxylic acids is 1. The van der Waals surface area contributed by atoms with Gasteiger partial charge in [0.1, 0.15) is 5.82 Å².